The third kappa shape index (κ3) is 3.21. The summed E-state index contributed by atoms with van der Waals surface area (Å²) in [6.07, 6.45) is -1.53. The number of ether oxygens (including phenoxy) is 1. The molecule has 0 heterocycles. The molecule has 0 aliphatic rings. The van der Waals surface area contributed by atoms with Crippen LogP contribution in [0.5, 0.6) is 0 Å². The first-order chi connectivity index (χ1) is 8.29. The van der Waals surface area contributed by atoms with E-state index in [0.29, 0.717) is 0 Å². The van der Waals surface area contributed by atoms with Crippen molar-refractivity contribution in [3.05, 3.63) is 34.3 Å². The van der Waals surface area contributed by atoms with Crippen LogP contribution < -0.4 is 0 Å². The van der Waals surface area contributed by atoms with Crippen LogP contribution in [0.1, 0.15) is 38.0 Å². The van der Waals surface area contributed by atoms with Crippen molar-refractivity contribution in [2.75, 3.05) is 6.61 Å². The number of hydrogen-bond acceptors (Lipinski definition) is 3. The summed E-state index contributed by atoms with van der Waals surface area (Å²) in [5.41, 5.74) is -1.53. The second kappa shape index (κ2) is 5.67. The molecule has 1 atom stereocenters. The molecular formula is C13H16ClFO3. The van der Waals surface area contributed by atoms with Crippen molar-refractivity contribution in [3.63, 3.8) is 0 Å². The first-order valence-corrected chi connectivity index (χ1v) is 5.99. The van der Waals surface area contributed by atoms with Crippen molar-refractivity contribution in [1.82, 2.24) is 0 Å². The minimum Gasteiger partial charge on any atom is -0.464 e. The predicted octanol–water partition coefficient (Wildman–Crippen LogP) is 3.14. The Kier molecular flexibility index (Phi) is 4.71. The number of hydrogen-bond donors (Lipinski definition) is 1. The third-order valence-electron chi connectivity index (χ3n) is 2.44. The molecule has 0 fully saturated rings. The van der Waals surface area contributed by atoms with Gasteiger partial charge in [-0.1, -0.05) is 23.7 Å². The SMILES string of the molecule is CCOC(=O)C(O)c1cccc(Cl)c1C(C)(C)F. The maximum atomic E-state index is 14.1. The van der Waals surface area contributed by atoms with E-state index in [0.717, 1.165) is 0 Å². The maximum absolute atomic E-state index is 14.1. The van der Waals surface area contributed by atoms with Gasteiger partial charge in [-0.15, -0.1) is 0 Å². The summed E-state index contributed by atoms with van der Waals surface area (Å²) in [4.78, 5) is 11.5. The molecule has 0 radical (unpaired) electrons. The van der Waals surface area contributed by atoms with E-state index in [1.165, 1.54) is 26.0 Å². The fourth-order valence-corrected chi connectivity index (χ4v) is 2.15. The molecule has 1 N–H and O–H groups in total. The van der Waals surface area contributed by atoms with Crippen molar-refractivity contribution in [2.45, 2.75) is 32.5 Å². The Hall–Kier alpha value is -1.13. The van der Waals surface area contributed by atoms with Crippen LogP contribution in [0, 0.1) is 0 Å². The number of aliphatic hydroxyl groups is 1. The molecule has 0 aliphatic carbocycles. The Morgan fingerprint density at radius 3 is 2.67 bits per heavy atom. The number of carbonyl (C=O) groups is 1. The van der Waals surface area contributed by atoms with E-state index in [4.69, 9.17) is 16.3 Å². The molecule has 100 valence electrons. The second-order valence-electron chi connectivity index (χ2n) is 4.33. The van der Waals surface area contributed by atoms with Gasteiger partial charge in [-0.2, -0.15) is 0 Å². The van der Waals surface area contributed by atoms with Crippen LogP contribution in [0.25, 0.3) is 0 Å². The van der Waals surface area contributed by atoms with Crippen LogP contribution in [-0.4, -0.2) is 17.7 Å². The monoisotopic (exact) mass is 274 g/mol. The van der Waals surface area contributed by atoms with E-state index in [-0.39, 0.29) is 22.8 Å². The lowest BCUT2D eigenvalue weighted by Gasteiger charge is -2.22. The second-order valence-corrected chi connectivity index (χ2v) is 4.74. The molecule has 3 nitrogen and oxygen atoms in total. The Morgan fingerprint density at radius 2 is 2.17 bits per heavy atom. The summed E-state index contributed by atoms with van der Waals surface area (Å²) in [7, 11) is 0. The molecule has 0 aromatic heterocycles. The predicted molar refractivity (Wildman–Crippen MR) is 67.2 cm³/mol. The highest BCUT2D eigenvalue weighted by Gasteiger charge is 2.31. The van der Waals surface area contributed by atoms with Crippen LogP contribution in [0.4, 0.5) is 4.39 Å². The van der Waals surface area contributed by atoms with E-state index in [1.807, 2.05) is 0 Å². The van der Waals surface area contributed by atoms with E-state index >= 15 is 0 Å². The molecule has 1 rings (SSSR count). The van der Waals surface area contributed by atoms with E-state index in [2.05, 4.69) is 0 Å². The lowest BCUT2D eigenvalue weighted by molar-refractivity contribution is -0.153. The Morgan fingerprint density at radius 1 is 1.56 bits per heavy atom. The Labute approximate surface area is 111 Å². The fraction of sp³-hybridized carbons (Fsp3) is 0.462. The van der Waals surface area contributed by atoms with Crippen molar-refractivity contribution in [3.8, 4) is 0 Å². The highest BCUT2D eigenvalue weighted by Crippen LogP contribution is 2.36. The number of rotatable bonds is 4. The molecule has 0 amide bonds. The molecule has 1 aromatic carbocycles. The molecule has 0 aliphatic heterocycles. The van der Waals surface area contributed by atoms with Gasteiger partial charge in [0.1, 0.15) is 5.67 Å². The first kappa shape index (κ1) is 14.9. The topological polar surface area (TPSA) is 46.5 Å². The minimum absolute atomic E-state index is 0.104. The average Bonchev–Trinajstić information content (AvgIpc) is 2.26. The van der Waals surface area contributed by atoms with Gasteiger partial charge < -0.3 is 9.84 Å². The summed E-state index contributed by atoms with van der Waals surface area (Å²) >= 11 is 5.94. The van der Waals surface area contributed by atoms with Gasteiger partial charge in [0.25, 0.3) is 0 Å². The first-order valence-electron chi connectivity index (χ1n) is 5.61. The van der Waals surface area contributed by atoms with Crippen LogP contribution in [0.2, 0.25) is 5.02 Å². The summed E-state index contributed by atoms with van der Waals surface area (Å²) in [6, 6.07) is 4.53. The van der Waals surface area contributed by atoms with Gasteiger partial charge in [-0.3, -0.25) is 0 Å². The number of benzene rings is 1. The van der Waals surface area contributed by atoms with Crippen molar-refractivity contribution in [1.29, 1.82) is 0 Å². The molecular weight excluding hydrogens is 259 g/mol. The van der Waals surface area contributed by atoms with Gasteiger partial charge in [0.15, 0.2) is 6.10 Å². The molecule has 18 heavy (non-hydrogen) atoms. The molecule has 0 bridgehead atoms. The van der Waals surface area contributed by atoms with E-state index in [9.17, 15) is 14.3 Å². The normalized spacial score (nSPS) is 13.2. The standard InChI is InChI=1S/C13H16ClFO3/c1-4-18-12(17)11(16)8-6-5-7-9(14)10(8)13(2,3)15/h5-7,11,16H,4H2,1-3H3. The van der Waals surface area contributed by atoms with Crippen LogP contribution in [0.15, 0.2) is 18.2 Å². The van der Waals surface area contributed by atoms with Crippen LogP contribution in [-0.2, 0) is 15.2 Å². The quantitative estimate of drug-likeness (QED) is 0.858. The zero-order chi connectivity index (χ0) is 13.9. The van der Waals surface area contributed by atoms with E-state index in [1.54, 1.807) is 13.0 Å². The Balaban J connectivity index is 3.25. The summed E-state index contributed by atoms with van der Waals surface area (Å²) in [5.74, 6) is -0.815. The number of carbonyl (C=O) groups excluding carboxylic acids is 1. The zero-order valence-electron chi connectivity index (χ0n) is 10.5. The van der Waals surface area contributed by atoms with E-state index < -0.39 is 17.7 Å². The molecule has 5 heteroatoms. The summed E-state index contributed by atoms with van der Waals surface area (Å²) in [5, 5.41) is 10.1. The highest BCUT2D eigenvalue weighted by atomic mass is 35.5. The summed E-state index contributed by atoms with van der Waals surface area (Å²) < 4.78 is 18.8. The van der Waals surface area contributed by atoms with Crippen LogP contribution in [0.3, 0.4) is 0 Å². The zero-order valence-corrected chi connectivity index (χ0v) is 11.3. The molecule has 0 spiro atoms. The average molecular weight is 275 g/mol. The fourth-order valence-electron chi connectivity index (χ4n) is 1.74. The number of esters is 1. The highest BCUT2D eigenvalue weighted by molar-refractivity contribution is 6.31. The van der Waals surface area contributed by atoms with Gasteiger partial charge in [-0.25, -0.2) is 9.18 Å². The lowest BCUT2D eigenvalue weighted by atomic mass is 9.91. The van der Waals surface area contributed by atoms with Gasteiger partial charge in [0, 0.05) is 10.6 Å². The largest absolute Gasteiger partial charge is 0.464 e. The number of halogens is 2. The van der Waals surface area contributed by atoms with Crippen molar-refractivity contribution < 1.29 is 19.0 Å². The third-order valence-corrected chi connectivity index (χ3v) is 2.76. The molecule has 0 saturated carbocycles. The number of aliphatic hydroxyl groups excluding tert-OH is 1. The van der Waals surface area contributed by atoms with Crippen LogP contribution >= 0.6 is 11.6 Å². The summed E-state index contributed by atoms with van der Waals surface area (Å²) in [6.45, 7) is 4.40. The lowest BCUT2D eigenvalue weighted by Crippen LogP contribution is -2.21. The van der Waals surface area contributed by atoms with Gasteiger partial charge in [0.05, 0.1) is 6.61 Å². The number of alkyl halides is 1. The van der Waals surface area contributed by atoms with Gasteiger partial charge in [-0.05, 0) is 32.4 Å². The molecule has 0 saturated heterocycles. The van der Waals surface area contributed by atoms with Gasteiger partial charge >= 0.3 is 5.97 Å². The van der Waals surface area contributed by atoms with Crippen molar-refractivity contribution in [2.24, 2.45) is 0 Å². The Bertz CT molecular complexity index is 440. The molecule has 1 aromatic rings. The molecule has 1 unspecified atom stereocenters. The van der Waals surface area contributed by atoms with Gasteiger partial charge in [0.2, 0.25) is 0 Å². The smallest absolute Gasteiger partial charge is 0.339 e. The minimum atomic E-state index is -1.76. The maximum Gasteiger partial charge on any atom is 0.339 e. The van der Waals surface area contributed by atoms with Crippen molar-refractivity contribution >= 4 is 17.6 Å².